The smallest absolute Gasteiger partial charge is 0.219 e. The Hall–Kier alpha value is -3.50. The first kappa shape index (κ1) is 23.2. The van der Waals surface area contributed by atoms with Gasteiger partial charge in [-0.3, -0.25) is 0 Å². The molecule has 3 aromatic heterocycles. The zero-order chi connectivity index (χ0) is 21.6. The van der Waals surface area contributed by atoms with E-state index in [-0.39, 0.29) is 12.4 Å². The summed E-state index contributed by atoms with van der Waals surface area (Å²) in [7, 11) is 1.75. The largest absolute Gasteiger partial charge is 0.491 e. The quantitative estimate of drug-likeness (QED) is 0.365. The summed E-state index contributed by atoms with van der Waals surface area (Å²) >= 11 is 0. The number of hydrogen-bond acceptors (Lipinski definition) is 9. The van der Waals surface area contributed by atoms with Crippen LogP contribution in [0.25, 0.3) is 10.9 Å². The van der Waals surface area contributed by atoms with Crippen LogP contribution in [0.5, 0.6) is 17.4 Å². The lowest BCUT2D eigenvalue weighted by atomic mass is 10.2. The molecular formula is C21H25ClN8O2. The molecule has 168 valence electrons. The van der Waals surface area contributed by atoms with Gasteiger partial charge in [-0.25, -0.2) is 15.0 Å². The number of ether oxygens (including phenoxy) is 2. The average molecular weight is 457 g/mol. The molecule has 0 unspecified atom stereocenters. The predicted octanol–water partition coefficient (Wildman–Crippen LogP) is 3.49. The number of hydrogen-bond donors (Lipinski definition) is 2. The van der Waals surface area contributed by atoms with Gasteiger partial charge in [0, 0.05) is 31.1 Å². The van der Waals surface area contributed by atoms with Crippen molar-refractivity contribution in [2.75, 3.05) is 18.5 Å². The van der Waals surface area contributed by atoms with E-state index in [0.29, 0.717) is 41.7 Å². The lowest BCUT2D eigenvalue weighted by Gasteiger charge is -2.10. The summed E-state index contributed by atoms with van der Waals surface area (Å²) in [5, 5.41) is 15.5. The second kappa shape index (κ2) is 10.7. The van der Waals surface area contributed by atoms with Crippen molar-refractivity contribution in [1.29, 1.82) is 0 Å². The van der Waals surface area contributed by atoms with Crippen LogP contribution in [0, 0.1) is 0 Å². The van der Waals surface area contributed by atoms with Crippen molar-refractivity contribution in [3.05, 3.63) is 49.1 Å². The first-order valence-electron chi connectivity index (χ1n) is 9.95. The van der Waals surface area contributed by atoms with Crippen LogP contribution in [-0.2, 0) is 7.05 Å². The van der Waals surface area contributed by atoms with Gasteiger partial charge in [0.15, 0.2) is 5.82 Å². The number of halogens is 1. The first-order chi connectivity index (χ1) is 15.1. The molecule has 0 saturated carbocycles. The predicted molar refractivity (Wildman–Crippen MR) is 124 cm³/mol. The maximum absolute atomic E-state index is 5.91. The number of anilines is 2. The number of nitrogens with one attached hydrogen (secondary N) is 2. The van der Waals surface area contributed by atoms with Crippen molar-refractivity contribution in [3.63, 3.8) is 0 Å². The first-order valence-corrected chi connectivity index (χ1v) is 9.95. The summed E-state index contributed by atoms with van der Waals surface area (Å²) in [4.78, 5) is 14.4. The summed E-state index contributed by atoms with van der Waals surface area (Å²) in [5.41, 5.74) is 0.778. The van der Waals surface area contributed by atoms with Crippen molar-refractivity contribution in [2.45, 2.75) is 19.9 Å². The van der Waals surface area contributed by atoms with Crippen molar-refractivity contribution in [1.82, 2.24) is 35.3 Å². The average Bonchev–Trinajstić information content (AvgIpc) is 3.17. The normalized spacial score (nSPS) is 10.8. The SMILES string of the molecule is CC(C)NCCOc1ccc(Oc2ccc3ncnc(Nc4cnn(C)n4)c3c2)nc1.Cl. The van der Waals surface area contributed by atoms with Gasteiger partial charge in [-0.2, -0.15) is 9.90 Å². The molecule has 4 rings (SSSR count). The Bertz CT molecular complexity index is 1150. The molecule has 0 aliphatic rings. The second-order valence-corrected chi connectivity index (χ2v) is 7.14. The third-order valence-electron chi connectivity index (χ3n) is 4.31. The molecule has 0 atom stereocenters. The highest BCUT2D eigenvalue weighted by Crippen LogP contribution is 2.28. The van der Waals surface area contributed by atoms with Crippen LogP contribution in [-0.4, -0.2) is 49.1 Å². The molecule has 1 aromatic carbocycles. The molecule has 0 aliphatic heterocycles. The molecule has 10 nitrogen and oxygen atoms in total. The molecule has 0 fully saturated rings. The maximum atomic E-state index is 5.91. The highest BCUT2D eigenvalue weighted by atomic mass is 35.5. The number of aromatic nitrogens is 6. The zero-order valence-corrected chi connectivity index (χ0v) is 18.8. The van der Waals surface area contributed by atoms with E-state index in [9.17, 15) is 0 Å². The van der Waals surface area contributed by atoms with Crippen LogP contribution >= 0.6 is 12.4 Å². The molecule has 32 heavy (non-hydrogen) atoms. The van der Waals surface area contributed by atoms with Crippen LogP contribution in [0.1, 0.15) is 13.8 Å². The van der Waals surface area contributed by atoms with Crippen LogP contribution in [0.4, 0.5) is 11.6 Å². The van der Waals surface area contributed by atoms with E-state index in [1.807, 2.05) is 24.3 Å². The lowest BCUT2D eigenvalue weighted by molar-refractivity contribution is 0.307. The van der Waals surface area contributed by atoms with Crippen molar-refractivity contribution in [2.24, 2.45) is 7.05 Å². The fourth-order valence-corrected chi connectivity index (χ4v) is 2.87. The van der Waals surface area contributed by atoms with Crippen LogP contribution in [0.3, 0.4) is 0 Å². The minimum Gasteiger partial charge on any atom is -0.491 e. The molecule has 11 heteroatoms. The highest BCUT2D eigenvalue weighted by Gasteiger charge is 2.09. The van der Waals surface area contributed by atoms with Crippen molar-refractivity contribution >= 4 is 34.9 Å². The van der Waals surface area contributed by atoms with Gasteiger partial charge in [-0.1, -0.05) is 13.8 Å². The third-order valence-corrected chi connectivity index (χ3v) is 4.31. The second-order valence-electron chi connectivity index (χ2n) is 7.14. The highest BCUT2D eigenvalue weighted by molar-refractivity contribution is 5.91. The summed E-state index contributed by atoms with van der Waals surface area (Å²) in [5.74, 6) is 2.98. The number of nitrogens with zero attached hydrogens (tertiary/aromatic N) is 6. The fourth-order valence-electron chi connectivity index (χ4n) is 2.87. The van der Waals surface area contributed by atoms with E-state index >= 15 is 0 Å². The van der Waals surface area contributed by atoms with E-state index in [4.69, 9.17) is 9.47 Å². The Labute approximate surface area is 191 Å². The fraction of sp³-hybridized carbons (Fsp3) is 0.286. The Kier molecular flexibility index (Phi) is 7.74. The Morgan fingerprint density at radius 3 is 2.59 bits per heavy atom. The van der Waals surface area contributed by atoms with Gasteiger partial charge in [0.25, 0.3) is 0 Å². The summed E-state index contributed by atoms with van der Waals surface area (Å²) in [6.07, 6.45) is 4.77. The molecule has 0 saturated heterocycles. The van der Waals surface area contributed by atoms with Gasteiger partial charge in [-0.05, 0) is 24.3 Å². The van der Waals surface area contributed by atoms with E-state index < -0.39 is 0 Å². The van der Waals surface area contributed by atoms with Crippen molar-refractivity contribution < 1.29 is 9.47 Å². The minimum atomic E-state index is 0. The molecule has 2 N–H and O–H groups in total. The minimum absolute atomic E-state index is 0. The Balaban J connectivity index is 0.00000289. The van der Waals surface area contributed by atoms with Crippen LogP contribution < -0.4 is 20.1 Å². The van der Waals surface area contributed by atoms with Gasteiger partial charge in [0.2, 0.25) is 5.88 Å². The topological polar surface area (TPSA) is 112 Å². The van der Waals surface area contributed by atoms with E-state index in [2.05, 4.69) is 49.6 Å². The van der Waals surface area contributed by atoms with E-state index in [0.717, 1.165) is 17.4 Å². The number of pyridine rings is 1. The summed E-state index contributed by atoms with van der Waals surface area (Å²) < 4.78 is 11.6. The molecule has 0 spiro atoms. The number of fused-ring (bicyclic) bond motifs is 1. The van der Waals surface area contributed by atoms with Crippen LogP contribution in [0.2, 0.25) is 0 Å². The van der Waals surface area contributed by atoms with E-state index in [1.54, 1.807) is 25.5 Å². The monoisotopic (exact) mass is 456 g/mol. The number of aryl methyl sites for hydroxylation is 1. The molecule has 0 aliphatic carbocycles. The summed E-state index contributed by atoms with van der Waals surface area (Å²) in [6, 6.07) is 9.61. The Morgan fingerprint density at radius 1 is 1.03 bits per heavy atom. The Morgan fingerprint density at radius 2 is 1.88 bits per heavy atom. The van der Waals surface area contributed by atoms with Gasteiger partial charge in [0.1, 0.15) is 30.3 Å². The maximum Gasteiger partial charge on any atom is 0.219 e. The number of benzene rings is 1. The molecular weight excluding hydrogens is 432 g/mol. The van der Waals surface area contributed by atoms with Crippen LogP contribution in [0.15, 0.2) is 49.1 Å². The molecule has 3 heterocycles. The molecule has 0 radical (unpaired) electrons. The summed E-state index contributed by atoms with van der Waals surface area (Å²) in [6.45, 7) is 5.55. The van der Waals surface area contributed by atoms with Gasteiger partial charge >= 0.3 is 0 Å². The van der Waals surface area contributed by atoms with Gasteiger partial charge in [-0.15, -0.1) is 17.5 Å². The van der Waals surface area contributed by atoms with Gasteiger partial charge < -0.3 is 20.1 Å². The standard InChI is InChI=1S/C21H24N8O2.ClH/c1-14(2)22-8-9-30-16-5-7-20(23-11-16)31-15-4-6-18-17(10-15)21(25-13-24-18)27-19-12-26-29(3)28-19;/h4-7,10-14,22H,8-9H2,1-3H3,(H,24,25,27,28);1H. The molecule has 4 aromatic rings. The zero-order valence-electron chi connectivity index (χ0n) is 18.0. The van der Waals surface area contributed by atoms with E-state index in [1.165, 1.54) is 11.1 Å². The third kappa shape index (κ3) is 6.02. The van der Waals surface area contributed by atoms with Crippen molar-refractivity contribution in [3.8, 4) is 17.4 Å². The molecule has 0 bridgehead atoms. The molecule has 0 amide bonds. The number of rotatable bonds is 9. The lowest BCUT2D eigenvalue weighted by Crippen LogP contribution is -2.27. The van der Waals surface area contributed by atoms with Gasteiger partial charge in [0.05, 0.1) is 17.9 Å².